The molecule has 0 amide bonds. The third kappa shape index (κ3) is 8.02. The molecule has 0 unspecified atom stereocenters. The molecule has 0 N–H and O–H groups in total. The molecule has 0 saturated carbocycles. The van der Waals surface area contributed by atoms with Crippen molar-refractivity contribution in [1.29, 1.82) is 0 Å². The topological polar surface area (TPSA) is 36.9 Å². The summed E-state index contributed by atoms with van der Waals surface area (Å²) in [4.78, 5) is 0. The summed E-state index contributed by atoms with van der Waals surface area (Å²) in [5.41, 5.74) is -13.5. The van der Waals surface area contributed by atoms with Crippen LogP contribution in [0, 0.1) is 109 Å². The number of benzene rings is 6. The highest BCUT2D eigenvalue weighted by Gasteiger charge is 2.72. The van der Waals surface area contributed by atoms with Gasteiger partial charge in [0.1, 0.15) is 11.5 Å². The first-order chi connectivity index (χ1) is 31.0. The van der Waals surface area contributed by atoms with E-state index in [1.165, 1.54) is 0 Å². The van der Waals surface area contributed by atoms with Gasteiger partial charge in [0.15, 0.2) is 46.5 Å². The fourth-order valence-electron chi connectivity index (χ4n) is 6.41. The normalized spacial score (nSPS) is 12.2. The highest BCUT2D eigenvalue weighted by atomic mass is 19.4. The van der Waals surface area contributed by atoms with Gasteiger partial charge in [-0.05, 0) is 63.1 Å². The summed E-state index contributed by atoms with van der Waals surface area (Å²) in [7, 11) is 0. The fourth-order valence-corrected chi connectivity index (χ4v) is 6.41. The summed E-state index contributed by atoms with van der Waals surface area (Å²) in [6, 6.07) is 1.41. The molecule has 0 radical (unpaired) electrons. The molecule has 0 aromatic heterocycles. The van der Waals surface area contributed by atoms with Crippen LogP contribution in [0.15, 0.2) is 48.5 Å². The number of hydrogen-bond donors (Lipinski definition) is 0. The molecule has 0 atom stereocenters. The lowest BCUT2D eigenvalue weighted by Crippen LogP contribution is -2.54. The molecule has 6 aromatic carbocycles. The standard InChI is InChI=1S/C43H20F20O4/c1-13-21(44)29(52)35(30(53)22(13)45)66-39-33(56)25(48)15(3)27(50)37(39)64-19-9-5-17(6-10-19)41(42(58,59)60,43(61,62)63)18-7-11-20(12-8-18)65-38-28(51)16(4)26(49)34(57)40(38)67-36-31(54)23(46)14(2)24(47)32(36)55/h5-12H,1-4H3. The van der Waals surface area contributed by atoms with E-state index in [1.807, 2.05) is 0 Å². The molecule has 0 saturated heterocycles. The second-order valence-corrected chi connectivity index (χ2v) is 14.1. The molecular weight excluding hydrogens is 960 g/mol. The van der Waals surface area contributed by atoms with Gasteiger partial charge in [-0.2, -0.15) is 52.7 Å². The molecule has 0 aliphatic heterocycles. The summed E-state index contributed by atoms with van der Waals surface area (Å²) < 4.78 is 315. The first kappa shape index (κ1) is 49.6. The lowest BCUT2D eigenvalue weighted by Gasteiger charge is -2.38. The first-order valence-electron chi connectivity index (χ1n) is 18.1. The summed E-state index contributed by atoms with van der Waals surface area (Å²) in [6.45, 7) is 2.26. The molecule has 0 spiro atoms. The second kappa shape index (κ2) is 17.4. The third-order valence-electron chi connectivity index (χ3n) is 10.1. The van der Waals surface area contributed by atoms with E-state index in [4.69, 9.17) is 9.47 Å². The molecule has 356 valence electrons. The van der Waals surface area contributed by atoms with Crippen LogP contribution in [-0.4, -0.2) is 12.4 Å². The van der Waals surface area contributed by atoms with Gasteiger partial charge in [-0.1, -0.05) is 24.3 Å². The maximum atomic E-state index is 15.4. The summed E-state index contributed by atoms with van der Waals surface area (Å²) in [5, 5.41) is 0. The predicted molar refractivity (Wildman–Crippen MR) is 190 cm³/mol. The Morgan fingerprint density at radius 2 is 0.478 bits per heavy atom. The van der Waals surface area contributed by atoms with Crippen molar-refractivity contribution in [2.75, 3.05) is 0 Å². The Morgan fingerprint density at radius 3 is 0.716 bits per heavy atom. The van der Waals surface area contributed by atoms with Crippen LogP contribution < -0.4 is 18.9 Å². The zero-order chi connectivity index (χ0) is 50.2. The van der Waals surface area contributed by atoms with Crippen molar-refractivity contribution < 1.29 is 107 Å². The molecular formula is C43H20F20O4. The van der Waals surface area contributed by atoms with Crippen LogP contribution in [0.3, 0.4) is 0 Å². The number of halogens is 20. The minimum absolute atomic E-state index is 0.0774. The first-order valence-corrected chi connectivity index (χ1v) is 18.1. The summed E-state index contributed by atoms with van der Waals surface area (Å²) >= 11 is 0. The Balaban J connectivity index is 1.42. The van der Waals surface area contributed by atoms with Crippen molar-refractivity contribution in [1.82, 2.24) is 0 Å². The van der Waals surface area contributed by atoms with E-state index in [9.17, 15) is 43.9 Å². The van der Waals surface area contributed by atoms with Crippen LogP contribution in [0.1, 0.15) is 33.4 Å². The average Bonchev–Trinajstić information content (AvgIpc) is 3.28. The van der Waals surface area contributed by atoms with E-state index in [1.54, 1.807) is 0 Å². The van der Waals surface area contributed by atoms with Crippen LogP contribution >= 0.6 is 0 Å². The maximum Gasteiger partial charge on any atom is 0.411 e. The highest BCUT2D eigenvalue weighted by molar-refractivity contribution is 5.54. The number of alkyl halides is 6. The largest absolute Gasteiger partial charge is 0.450 e. The second-order valence-electron chi connectivity index (χ2n) is 14.1. The fraction of sp³-hybridized carbons (Fsp3) is 0.163. The minimum atomic E-state index is -6.38. The van der Waals surface area contributed by atoms with Gasteiger partial charge < -0.3 is 18.9 Å². The van der Waals surface area contributed by atoms with E-state index in [-0.39, 0.29) is 48.5 Å². The van der Waals surface area contributed by atoms with E-state index >= 15 is 43.9 Å². The van der Waals surface area contributed by atoms with Crippen LogP contribution in [0.4, 0.5) is 87.8 Å². The molecule has 6 rings (SSSR count). The van der Waals surface area contributed by atoms with Gasteiger partial charge >= 0.3 is 12.4 Å². The Morgan fingerprint density at radius 1 is 0.269 bits per heavy atom. The molecule has 6 aromatic rings. The Hall–Kier alpha value is -6.88. The van der Waals surface area contributed by atoms with Crippen molar-refractivity contribution in [2.24, 2.45) is 0 Å². The minimum Gasteiger partial charge on any atom is -0.450 e. The highest BCUT2D eigenvalue weighted by Crippen LogP contribution is 2.57. The van der Waals surface area contributed by atoms with Gasteiger partial charge in [0.05, 0.1) is 0 Å². The molecule has 0 fully saturated rings. The number of hydrogen-bond acceptors (Lipinski definition) is 4. The van der Waals surface area contributed by atoms with Crippen molar-refractivity contribution >= 4 is 0 Å². The number of ether oxygens (including phenoxy) is 4. The van der Waals surface area contributed by atoms with Crippen molar-refractivity contribution in [2.45, 2.75) is 45.5 Å². The maximum absolute atomic E-state index is 15.4. The molecule has 0 aliphatic carbocycles. The van der Waals surface area contributed by atoms with E-state index in [2.05, 4.69) is 9.47 Å². The molecule has 4 nitrogen and oxygen atoms in total. The van der Waals surface area contributed by atoms with Crippen LogP contribution in [0.5, 0.6) is 46.0 Å². The van der Waals surface area contributed by atoms with Crippen LogP contribution in [0.25, 0.3) is 0 Å². The van der Waals surface area contributed by atoms with Crippen molar-refractivity contribution in [3.05, 3.63) is 163 Å². The van der Waals surface area contributed by atoms with Gasteiger partial charge in [0.25, 0.3) is 0 Å². The summed E-state index contributed by atoms with van der Waals surface area (Å²) in [6.07, 6.45) is -12.8. The Kier molecular flexibility index (Phi) is 12.9. The van der Waals surface area contributed by atoms with Crippen LogP contribution in [0.2, 0.25) is 0 Å². The third-order valence-corrected chi connectivity index (χ3v) is 10.1. The number of rotatable bonds is 10. The molecule has 0 aliphatic rings. The lowest BCUT2D eigenvalue weighted by atomic mass is 9.73. The Bertz CT molecular complexity index is 2710. The quantitative estimate of drug-likeness (QED) is 0.101. The van der Waals surface area contributed by atoms with Crippen LogP contribution in [-0.2, 0) is 5.41 Å². The molecule has 0 bridgehead atoms. The SMILES string of the molecule is Cc1c(F)c(F)c(Oc2c(F)c(F)c(C)c(F)c2Oc2ccc(C(c3ccc(Oc4c(F)c(C)c(F)c(F)c4Oc4c(F)c(F)c(C)c(F)c4F)cc3)(C(F)(F)F)C(F)(F)F)cc2)c(F)c1F. The smallest absolute Gasteiger partial charge is 0.411 e. The predicted octanol–water partition coefficient (Wildman–Crippen LogP) is 15.4. The summed E-state index contributed by atoms with van der Waals surface area (Å²) in [5.74, 6) is -44.0. The molecule has 0 heterocycles. The van der Waals surface area contributed by atoms with E-state index in [0.717, 1.165) is 0 Å². The average molecular weight is 981 g/mol. The van der Waals surface area contributed by atoms with Gasteiger partial charge in [0, 0.05) is 22.3 Å². The lowest BCUT2D eigenvalue weighted by molar-refractivity contribution is -0.288. The van der Waals surface area contributed by atoms with Crippen molar-refractivity contribution in [3.8, 4) is 46.0 Å². The van der Waals surface area contributed by atoms with Crippen molar-refractivity contribution in [3.63, 3.8) is 0 Å². The van der Waals surface area contributed by atoms with Gasteiger partial charge in [-0.3, -0.25) is 0 Å². The van der Waals surface area contributed by atoms with Gasteiger partial charge in [-0.15, -0.1) is 0 Å². The van der Waals surface area contributed by atoms with E-state index in [0.29, 0.717) is 27.7 Å². The zero-order valence-corrected chi connectivity index (χ0v) is 33.3. The molecule has 67 heavy (non-hydrogen) atoms. The van der Waals surface area contributed by atoms with Gasteiger partial charge in [-0.25, -0.2) is 35.1 Å². The Labute approximate surface area is 361 Å². The zero-order valence-electron chi connectivity index (χ0n) is 33.3. The molecule has 24 heteroatoms. The monoisotopic (exact) mass is 980 g/mol. The van der Waals surface area contributed by atoms with E-state index < -0.39 is 179 Å². The van der Waals surface area contributed by atoms with Gasteiger partial charge in [0.2, 0.25) is 74.8 Å².